The Bertz CT molecular complexity index is 2230. The molecule has 0 fully saturated rings. The van der Waals surface area contributed by atoms with E-state index in [1.54, 1.807) is 11.3 Å². The molecule has 1 atom stereocenters. The highest BCUT2D eigenvalue weighted by atomic mass is 32.1. The molecule has 1 aliphatic carbocycles. The largest absolute Gasteiger partial charge is 0.456 e. The fourth-order valence-corrected chi connectivity index (χ4v) is 7.22. The first-order chi connectivity index (χ1) is 22.6. The summed E-state index contributed by atoms with van der Waals surface area (Å²) in [5.41, 5.74) is 12.9. The Kier molecular flexibility index (Phi) is 8.32. The summed E-state index contributed by atoms with van der Waals surface area (Å²) in [6.07, 6.45) is 11.9. The van der Waals surface area contributed by atoms with E-state index in [9.17, 15) is 0 Å². The van der Waals surface area contributed by atoms with E-state index in [0.717, 1.165) is 56.4 Å². The lowest BCUT2D eigenvalue weighted by Gasteiger charge is -2.15. The molecule has 0 amide bonds. The van der Waals surface area contributed by atoms with E-state index in [1.165, 1.54) is 14.8 Å². The van der Waals surface area contributed by atoms with Gasteiger partial charge in [0.15, 0.2) is 5.84 Å². The number of aliphatic imine (C=N–C) groups is 2. The monoisotopic (exact) mass is 617 g/mol. The van der Waals surface area contributed by atoms with Gasteiger partial charge in [-0.25, -0.2) is 4.99 Å². The number of benzene rings is 4. The Balaban J connectivity index is 1.35. The van der Waals surface area contributed by atoms with Gasteiger partial charge in [0.2, 0.25) is 0 Å². The van der Waals surface area contributed by atoms with Crippen LogP contribution in [0, 0.1) is 5.92 Å². The summed E-state index contributed by atoms with van der Waals surface area (Å²) in [5, 5.41) is 3.38. The lowest BCUT2D eigenvalue weighted by molar-refractivity contribution is 0.596. The maximum Gasteiger partial charge on any atom is 0.157 e. The average molecular weight is 618 g/mol. The number of allylic oxidation sites excluding steroid dienone is 7. The first kappa shape index (κ1) is 29.5. The number of nitrogens with zero attached hydrogens (tertiary/aromatic N) is 2. The van der Waals surface area contributed by atoms with Gasteiger partial charge in [-0.2, -0.15) is 0 Å². The van der Waals surface area contributed by atoms with Crippen LogP contribution in [0.3, 0.4) is 0 Å². The Labute approximate surface area is 273 Å². The molecular weight excluding hydrogens is 583 g/mol. The van der Waals surface area contributed by atoms with Gasteiger partial charge >= 0.3 is 0 Å². The molecule has 1 unspecified atom stereocenters. The molecule has 226 valence electrons. The number of rotatable bonds is 8. The van der Waals surface area contributed by atoms with E-state index in [0.29, 0.717) is 30.6 Å². The number of amidine groups is 2. The van der Waals surface area contributed by atoms with Crippen LogP contribution in [0.25, 0.3) is 36.7 Å². The smallest absolute Gasteiger partial charge is 0.157 e. The fraction of sp³-hybridized carbons (Fsp3) is 0.122. The van der Waals surface area contributed by atoms with Crippen LogP contribution in [-0.2, 0) is 13.0 Å². The standard InChI is InChI=1S/C41H35N3OS/c1-3-12-30(29-23-21-27(2)22-24-29)40-34(31-15-7-9-18-35(31)45-40)25-38(42)44-41(43-26-28-13-5-4-6-14-28)33-17-11-20-37-39(33)32-16-8-10-19-36(32)46-37/h3-21,23-24,27H,1,22,25-26H2,2H3,(H2,42,43,44)/b30-12-. The quantitative estimate of drug-likeness (QED) is 0.105. The number of nitrogens with two attached hydrogens (primary N) is 1. The summed E-state index contributed by atoms with van der Waals surface area (Å²) in [7, 11) is 0. The topological polar surface area (TPSA) is 63.9 Å². The zero-order chi connectivity index (χ0) is 31.5. The zero-order valence-electron chi connectivity index (χ0n) is 25.8. The molecule has 0 aliphatic heterocycles. The highest BCUT2D eigenvalue weighted by Gasteiger charge is 2.22. The number of thiophene rings is 1. The van der Waals surface area contributed by atoms with Crippen molar-refractivity contribution in [2.75, 3.05) is 0 Å². The van der Waals surface area contributed by atoms with Gasteiger partial charge in [-0.1, -0.05) is 123 Å². The Morgan fingerprint density at radius 3 is 2.50 bits per heavy atom. The second-order valence-electron chi connectivity index (χ2n) is 11.6. The Morgan fingerprint density at radius 2 is 1.70 bits per heavy atom. The van der Waals surface area contributed by atoms with Crippen molar-refractivity contribution in [2.45, 2.75) is 26.3 Å². The first-order valence-corrected chi connectivity index (χ1v) is 16.4. The molecule has 7 rings (SSSR count). The molecule has 2 N–H and O–H groups in total. The molecule has 0 bridgehead atoms. The van der Waals surface area contributed by atoms with Crippen LogP contribution in [0.2, 0.25) is 0 Å². The van der Waals surface area contributed by atoms with Gasteiger partial charge < -0.3 is 10.2 Å². The molecule has 46 heavy (non-hydrogen) atoms. The molecule has 2 aromatic heterocycles. The van der Waals surface area contributed by atoms with Crippen LogP contribution >= 0.6 is 11.3 Å². The number of hydrogen-bond donors (Lipinski definition) is 1. The molecule has 4 aromatic carbocycles. The second kappa shape index (κ2) is 13.0. The highest BCUT2D eigenvalue weighted by Crippen LogP contribution is 2.38. The molecule has 0 saturated heterocycles. The molecule has 0 radical (unpaired) electrons. The fourth-order valence-electron chi connectivity index (χ4n) is 6.09. The number of furan rings is 1. The molecule has 0 spiro atoms. The summed E-state index contributed by atoms with van der Waals surface area (Å²) in [6, 6.07) is 33.2. The van der Waals surface area contributed by atoms with E-state index in [4.69, 9.17) is 20.1 Å². The summed E-state index contributed by atoms with van der Waals surface area (Å²) >= 11 is 1.78. The summed E-state index contributed by atoms with van der Waals surface area (Å²) in [5.74, 6) is 2.39. The highest BCUT2D eigenvalue weighted by molar-refractivity contribution is 7.25. The minimum atomic E-state index is 0.402. The van der Waals surface area contributed by atoms with Crippen molar-refractivity contribution in [3.63, 3.8) is 0 Å². The SMILES string of the molecule is C=C/C=C(/C1=CCC(C)C=C1)c1oc2ccccc2c1CC(N)=NC(=NCc1ccccc1)c1cccc2sc3ccccc3c12. The molecule has 2 heterocycles. The molecule has 1 aliphatic rings. The predicted molar refractivity (Wildman–Crippen MR) is 197 cm³/mol. The predicted octanol–water partition coefficient (Wildman–Crippen LogP) is 10.4. The maximum atomic E-state index is 6.90. The van der Waals surface area contributed by atoms with E-state index >= 15 is 0 Å². The molecule has 5 heteroatoms. The average Bonchev–Trinajstić information content (AvgIpc) is 3.65. The zero-order valence-corrected chi connectivity index (χ0v) is 26.6. The Morgan fingerprint density at radius 1 is 0.935 bits per heavy atom. The first-order valence-electron chi connectivity index (χ1n) is 15.6. The van der Waals surface area contributed by atoms with Gasteiger partial charge in [0.25, 0.3) is 0 Å². The summed E-state index contributed by atoms with van der Waals surface area (Å²) in [6.45, 7) is 6.73. The van der Waals surface area contributed by atoms with Crippen molar-refractivity contribution in [3.8, 4) is 0 Å². The number of fused-ring (bicyclic) bond motifs is 4. The van der Waals surface area contributed by atoms with Crippen LogP contribution in [-0.4, -0.2) is 11.7 Å². The van der Waals surface area contributed by atoms with Gasteiger partial charge in [0.05, 0.1) is 6.54 Å². The minimum absolute atomic E-state index is 0.402. The minimum Gasteiger partial charge on any atom is -0.456 e. The van der Waals surface area contributed by atoms with E-state index in [-0.39, 0.29) is 0 Å². The lowest BCUT2D eigenvalue weighted by atomic mass is 9.90. The summed E-state index contributed by atoms with van der Waals surface area (Å²) < 4.78 is 8.99. The van der Waals surface area contributed by atoms with Crippen molar-refractivity contribution >= 4 is 59.7 Å². The lowest BCUT2D eigenvalue weighted by Crippen LogP contribution is -2.18. The van der Waals surface area contributed by atoms with E-state index in [2.05, 4.69) is 92.4 Å². The van der Waals surface area contributed by atoms with Gasteiger partial charge in [0.1, 0.15) is 17.2 Å². The third-order valence-electron chi connectivity index (χ3n) is 8.36. The summed E-state index contributed by atoms with van der Waals surface area (Å²) in [4.78, 5) is 10.2. The third kappa shape index (κ3) is 5.90. The second-order valence-corrected chi connectivity index (χ2v) is 12.7. The van der Waals surface area contributed by atoms with Crippen LogP contribution in [0.5, 0.6) is 0 Å². The van der Waals surface area contributed by atoms with E-state index < -0.39 is 0 Å². The Hall–Kier alpha value is -5.26. The molecule has 6 aromatic rings. The number of hydrogen-bond acceptors (Lipinski definition) is 3. The third-order valence-corrected chi connectivity index (χ3v) is 9.49. The van der Waals surface area contributed by atoms with Crippen molar-refractivity contribution in [1.29, 1.82) is 0 Å². The molecule has 4 nitrogen and oxygen atoms in total. The molecule has 0 saturated carbocycles. The van der Waals surface area contributed by atoms with Crippen molar-refractivity contribution in [2.24, 2.45) is 21.6 Å². The van der Waals surface area contributed by atoms with Crippen LogP contribution < -0.4 is 5.73 Å². The maximum absolute atomic E-state index is 6.90. The van der Waals surface area contributed by atoms with Gasteiger partial charge in [0, 0.05) is 48.7 Å². The van der Waals surface area contributed by atoms with Crippen LogP contribution in [0.1, 0.15) is 35.8 Å². The van der Waals surface area contributed by atoms with Crippen LogP contribution in [0.4, 0.5) is 0 Å². The van der Waals surface area contributed by atoms with Gasteiger partial charge in [-0.05, 0) is 41.7 Å². The molecular formula is C41H35N3OS. The normalized spacial score (nSPS) is 16.0. The van der Waals surface area contributed by atoms with Crippen LogP contribution in [0.15, 0.2) is 154 Å². The van der Waals surface area contributed by atoms with E-state index in [1.807, 2.05) is 48.6 Å². The number of para-hydroxylation sites is 1. The van der Waals surface area contributed by atoms with Crippen molar-refractivity contribution < 1.29 is 4.42 Å². The van der Waals surface area contributed by atoms with Gasteiger partial charge in [-0.3, -0.25) is 4.99 Å². The van der Waals surface area contributed by atoms with Crippen molar-refractivity contribution in [1.82, 2.24) is 0 Å². The van der Waals surface area contributed by atoms with Gasteiger partial charge in [-0.15, -0.1) is 11.3 Å². The van der Waals surface area contributed by atoms with Crippen molar-refractivity contribution in [3.05, 3.63) is 162 Å².